The third-order valence-electron chi connectivity index (χ3n) is 6.71. The lowest BCUT2D eigenvalue weighted by Gasteiger charge is -2.48. The Morgan fingerprint density at radius 3 is 2.27 bits per heavy atom. The highest BCUT2D eigenvalue weighted by molar-refractivity contribution is 5.81. The van der Waals surface area contributed by atoms with Gasteiger partial charge in [0, 0.05) is 38.7 Å². The molecule has 3 aliphatic heterocycles. The molecule has 3 heterocycles. The third kappa shape index (κ3) is 3.77. The van der Waals surface area contributed by atoms with Crippen molar-refractivity contribution in [2.24, 2.45) is 5.92 Å². The van der Waals surface area contributed by atoms with Crippen LogP contribution in [-0.4, -0.2) is 72.7 Å². The molecule has 0 unspecified atom stereocenters. The van der Waals surface area contributed by atoms with Gasteiger partial charge >= 0.3 is 0 Å². The fourth-order valence-electron chi connectivity index (χ4n) is 5.05. The molecule has 1 atom stereocenters. The molecular weight excluding hydrogens is 332 g/mol. The first-order valence-corrected chi connectivity index (χ1v) is 10.5. The number of carbonyl (C=O) groups excluding carboxylic acids is 2. The predicted octanol–water partition coefficient (Wildman–Crippen LogP) is 1.97. The normalized spacial score (nSPS) is 29.9. The zero-order chi connectivity index (χ0) is 18.0. The molecule has 0 aromatic carbocycles. The van der Waals surface area contributed by atoms with Crippen molar-refractivity contribution >= 4 is 11.8 Å². The average molecular weight is 364 g/mol. The van der Waals surface area contributed by atoms with Crippen molar-refractivity contribution in [1.82, 2.24) is 9.80 Å². The first-order chi connectivity index (χ1) is 12.7. The lowest BCUT2D eigenvalue weighted by atomic mass is 9.86. The Hall–Kier alpha value is -1.14. The number of morpholine rings is 1. The van der Waals surface area contributed by atoms with Gasteiger partial charge in [0.2, 0.25) is 5.91 Å². The monoisotopic (exact) mass is 364 g/mol. The van der Waals surface area contributed by atoms with E-state index in [0.29, 0.717) is 38.8 Å². The van der Waals surface area contributed by atoms with Crippen LogP contribution in [-0.2, 0) is 19.1 Å². The average Bonchev–Trinajstić information content (AvgIpc) is 3.23. The van der Waals surface area contributed by atoms with Crippen molar-refractivity contribution in [1.29, 1.82) is 0 Å². The first-order valence-electron chi connectivity index (χ1n) is 10.5. The molecule has 4 aliphatic rings. The molecule has 0 bridgehead atoms. The maximum absolute atomic E-state index is 12.9. The lowest BCUT2D eigenvalue weighted by molar-refractivity contribution is -0.168. The molecular formula is C20H32N2O4. The number of hydrogen-bond donors (Lipinski definition) is 0. The van der Waals surface area contributed by atoms with E-state index in [1.165, 1.54) is 19.3 Å². The van der Waals surface area contributed by atoms with Crippen LogP contribution in [0.25, 0.3) is 0 Å². The number of rotatable bonds is 2. The Labute approximate surface area is 156 Å². The van der Waals surface area contributed by atoms with E-state index in [1.807, 2.05) is 4.90 Å². The van der Waals surface area contributed by atoms with Gasteiger partial charge in [0.25, 0.3) is 5.91 Å². The summed E-state index contributed by atoms with van der Waals surface area (Å²) in [5, 5.41) is 0. The molecule has 1 aliphatic carbocycles. The number of carbonyl (C=O) groups is 2. The molecule has 0 aromatic rings. The van der Waals surface area contributed by atoms with E-state index in [4.69, 9.17) is 9.47 Å². The molecule has 4 fully saturated rings. The largest absolute Gasteiger partial charge is 0.371 e. The van der Waals surface area contributed by atoms with Gasteiger partial charge in [0.15, 0.2) is 0 Å². The number of nitrogens with zero attached hydrogens (tertiary/aromatic N) is 2. The third-order valence-corrected chi connectivity index (χ3v) is 6.71. The number of hydrogen-bond acceptors (Lipinski definition) is 4. The smallest absolute Gasteiger partial charge is 0.251 e. The van der Waals surface area contributed by atoms with Gasteiger partial charge in [-0.25, -0.2) is 0 Å². The van der Waals surface area contributed by atoms with Gasteiger partial charge in [-0.3, -0.25) is 9.59 Å². The molecule has 0 aromatic heterocycles. The first kappa shape index (κ1) is 18.2. The molecule has 1 saturated carbocycles. The van der Waals surface area contributed by atoms with Crippen molar-refractivity contribution in [2.75, 3.05) is 39.4 Å². The van der Waals surface area contributed by atoms with Crippen LogP contribution in [0.3, 0.4) is 0 Å². The minimum atomic E-state index is -0.254. The van der Waals surface area contributed by atoms with Gasteiger partial charge in [-0.05, 0) is 38.5 Å². The van der Waals surface area contributed by atoms with Crippen LogP contribution in [0.15, 0.2) is 0 Å². The fourth-order valence-corrected chi connectivity index (χ4v) is 5.05. The molecule has 6 nitrogen and oxygen atoms in total. The van der Waals surface area contributed by atoms with Crippen molar-refractivity contribution in [3.8, 4) is 0 Å². The highest BCUT2D eigenvalue weighted by Gasteiger charge is 2.43. The molecule has 0 radical (unpaired) electrons. The Balaban J connectivity index is 1.32. The van der Waals surface area contributed by atoms with E-state index in [9.17, 15) is 9.59 Å². The van der Waals surface area contributed by atoms with Crippen molar-refractivity contribution < 1.29 is 19.1 Å². The lowest BCUT2D eigenvalue weighted by Crippen LogP contribution is -2.59. The van der Waals surface area contributed by atoms with E-state index in [2.05, 4.69) is 4.90 Å². The molecule has 3 saturated heterocycles. The molecule has 6 heteroatoms. The van der Waals surface area contributed by atoms with Crippen molar-refractivity contribution in [3.05, 3.63) is 0 Å². The van der Waals surface area contributed by atoms with Crippen molar-refractivity contribution in [3.63, 3.8) is 0 Å². The van der Waals surface area contributed by atoms with Gasteiger partial charge in [-0.1, -0.05) is 19.3 Å². The van der Waals surface area contributed by atoms with Crippen LogP contribution in [0, 0.1) is 5.92 Å². The highest BCUT2D eigenvalue weighted by Crippen LogP contribution is 2.33. The van der Waals surface area contributed by atoms with Gasteiger partial charge in [-0.15, -0.1) is 0 Å². The van der Waals surface area contributed by atoms with E-state index >= 15 is 0 Å². The second kappa shape index (κ2) is 7.85. The zero-order valence-corrected chi connectivity index (χ0v) is 15.8. The summed E-state index contributed by atoms with van der Waals surface area (Å²) >= 11 is 0. The summed E-state index contributed by atoms with van der Waals surface area (Å²) in [5.74, 6) is 0.702. The second-order valence-corrected chi connectivity index (χ2v) is 8.45. The van der Waals surface area contributed by atoms with Crippen LogP contribution < -0.4 is 0 Å². The van der Waals surface area contributed by atoms with Crippen LogP contribution >= 0.6 is 0 Å². The van der Waals surface area contributed by atoms with Gasteiger partial charge in [0.05, 0.1) is 12.2 Å². The summed E-state index contributed by atoms with van der Waals surface area (Å²) in [6, 6.07) is 0. The van der Waals surface area contributed by atoms with Gasteiger partial charge in [-0.2, -0.15) is 0 Å². The number of amides is 2. The minimum Gasteiger partial charge on any atom is -0.371 e. The van der Waals surface area contributed by atoms with Crippen LogP contribution in [0.2, 0.25) is 0 Å². The zero-order valence-electron chi connectivity index (χ0n) is 15.8. The SMILES string of the molecule is O=C(C1CCCCC1)N1CCOC2(CCN(C(=O)[C@H]3CCCO3)CC2)C1. The standard InChI is InChI=1S/C20H32N2O4/c23-18(16-5-2-1-3-6-16)22-12-14-26-20(15-22)8-10-21(11-9-20)19(24)17-7-4-13-25-17/h16-17H,1-15H2/t17-/m1/s1. The van der Waals surface area contributed by atoms with E-state index in [0.717, 1.165) is 45.1 Å². The summed E-state index contributed by atoms with van der Waals surface area (Å²) in [4.78, 5) is 29.5. The number of piperidine rings is 1. The van der Waals surface area contributed by atoms with Gasteiger partial charge < -0.3 is 19.3 Å². The molecule has 4 rings (SSSR count). The molecule has 1 spiro atoms. The summed E-state index contributed by atoms with van der Waals surface area (Å²) in [7, 11) is 0. The minimum absolute atomic E-state index is 0.142. The maximum Gasteiger partial charge on any atom is 0.251 e. The second-order valence-electron chi connectivity index (χ2n) is 8.45. The molecule has 146 valence electrons. The summed E-state index contributed by atoms with van der Waals surface area (Å²) in [6.45, 7) is 4.17. The van der Waals surface area contributed by atoms with Crippen molar-refractivity contribution in [2.45, 2.75) is 69.5 Å². The summed E-state index contributed by atoms with van der Waals surface area (Å²) < 4.78 is 11.7. The fraction of sp³-hybridized carbons (Fsp3) is 0.900. The Morgan fingerprint density at radius 2 is 1.58 bits per heavy atom. The van der Waals surface area contributed by atoms with Crippen LogP contribution in [0.5, 0.6) is 0 Å². The number of ether oxygens (including phenoxy) is 2. The number of likely N-dealkylation sites (tertiary alicyclic amines) is 1. The Morgan fingerprint density at radius 1 is 0.808 bits per heavy atom. The Kier molecular flexibility index (Phi) is 5.50. The quantitative estimate of drug-likeness (QED) is 0.752. The van der Waals surface area contributed by atoms with E-state index < -0.39 is 0 Å². The van der Waals surface area contributed by atoms with E-state index in [1.54, 1.807) is 0 Å². The highest BCUT2D eigenvalue weighted by atomic mass is 16.5. The van der Waals surface area contributed by atoms with Crippen LogP contribution in [0.4, 0.5) is 0 Å². The molecule has 0 N–H and O–H groups in total. The summed E-state index contributed by atoms with van der Waals surface area (Å²) in [5.41, 5.74) is -0.254. The van der Waals surface area contributed by atoms with E-state index in [-0.39, 0.29) is 23.5 Å². The maximum atomic E-state index is 12.9. The molecule has 2 amide bonds. The van der Waals surface area contributed by atoms with Crippen LogP contribution in [0.1, 0.15) is 57.8 Å². The summed E-state index contributed by atoms with van der Waals surface area (Å²) in [6.07, 6.45) is 8.97. The molecule has 26 heavy (non-hydrogen) atoms. The van der Waals surface area contributed by atoms with Gasteiger partial charge in [0.1, 0.15) is 6.10 Å². The predicted molar refractivity (Wildman–Crippen MR) is 96.6 cm³/mol. The Bertz CT molecular complexity index is 518. The topological polar surface area (TPSA) is 59.1 Å².